The molecule has 0 spiro atoms. The van der Waals surface area contributed by atoms with Crippen molar-refractivity contribution >= 4 is 91.5 Å². The third-order valence-corrected chi connectivity index (χ3v) is 73.0. The zero-order valence-corrected chi connectivity index (χ0v) is 46.4. The predicted octanol–water partition coefficient (Wildman–Crippen LogP) is 13.4. The van der Waals surface area contributed by atoms with Gasteiger partial charge in [0.2, 0.25) is 0 Å². The van der Waals surface area contributed by atoms with Gasteiger partial charge in [-0.05, 0) is 36.5 Å². The zero-order valence-electron chi connectivity index (χ0n) is 35.8. The number of rotatable bonds is 15. The van der Waals surface area contributed by atoms with Crippen molar-refractivity contribution in [3.63, 3.8) is 0 Å². The summed E-state index contributed by atoms with van der Waals surface area (Å²) in [7, 11) is -12.8. The molecule has 46 heavy (non-hydrogen) atoms. The smallest absolute Gasteiger partial charge is 0.126 e. The summed E-state index contributed by atoms with van der Waals surface area (Å²) in [5.41, 5.74) is 5.66. The van der Waals surface area contributed by atoms with Gasteiger partial charge in [0.05, 0.1) is 7.59 Å². The lowest BCUT2D eigenvalue weighted by molar-refractivity contribution is 0.995. The van der Waals surface area contributed by atoms with E-state index in [9.17, 15) is 0 Å². The first-order chi connectivity index (χ1) is 20.0. The highest BCUT2D eigenvalue weighted by molar-refractivity contribution is 9.26. The molecule has 1 radical (unpaired) electrons. The van der Waals surface area contributed by atoms with Gasteiger partial charge in [0.25, 0.3) is 0 Å². The van der Waals surface area contributed by atoms with Gasteiger partial charge in [-0.1, -0.05) is 189 Å². The minimum atomic E-state index is -1.68. The van der Waals surface area contributed by atoms with Crippen LogP contribution in [0.2, 0.25) is 156 Å². The van der Waals surface area contributed by atoms with Crippen LogP contribution < -0.4 is 5.19 Å². The van der Waals surface area contributed by atoms with Gasteiger partial charge in [-0.15, -0.1) is 15.3 Å². The Labute approximate surface area is 309 Å². The van der Waals surface area contributed by atoms with Crippen LogP contribution in [0.3, 0.4) is 0 Å². The van der Waals surface area contributed by atoms with Crippen molar-refractivity contribution in [3.8, 4) is 0 Å². The Morgan fingerprint density at radius 3 is 0.913 bits per heavy atom. The van der Waals surface area contributed by atoms with E-state index >= 15 is 0 Å². The Morgan fingerprint density at radius 1 is 0.500 bits per heavy atom. The van der Waals surface area contributed by atoms with E-state index in [2.05, 4.69) is 170 Å². The highest BCUT2D eigenvalue weighted by atomic mass is 79.9. The summed E-state index contributed by atoms with van der Waals surface area (Å²) in [6, 6.07) is 10.3. The van der Waals surface area contributed by atoms with Crippen LogP contribution in [0.5, 0.6) is 0 Å². The molecule has 0 saturated heterocycles. The van der Waals surface area contributed by atoms with Gasteiger partial charge in [-0.3, -0.25) is 0 Å². The van der Waals surface area contributed by atoms with E-state index in [-0.39, 0.29) is 0 Å². The van der Waals surface area contributed by atoms with Crippen LogP contribution in [0.1, 0.15) is 47.8 Å². The molecule has 269 valence electrons. The third-order valence-electron chi connectivity index (χ3n) is 11.8. The van der Waals surface area contributed by atoms with Crippen molar-refractivity contribution in [1.29, 1.82) is 0 Å². The molecule has 0 bridgehead atoms. The molecule has 0 heterocycles. The monoisotopic (exact) mass is 845 g/mol. The molecule has 0 aliphatic rings. The predicted molar refractivity (Wildman–Crippen MR) is 249 cm³/mol. The van der Waals surface area contributed by atoms with Crippen LogP contribution in [0.4, 0.5) is 0 Å². The van der Waals surface area contributed by atoms with Crippen molar-refractivity contribution in [2.24, 2.45) is 0 Å². The van der Waals surface area contributed by atoms with Crippen LogP contribution in [0.25, 0.3) is 0 Å². The van der Waals surface area contributed by atoms with Crippen LogP contribution in [0, 0.1) is 0 Å². The maximum atomic E-state index is 4.84. The first kappa shape index (κ1) is 45.7. The second kappa shape index (κ2) is 14.6. The molecule has 1 aromatic carbocycles. The van der Waals surface area contributed by atoms with E-state index in [0.717, 1.165) is 10.3 Å². The van der Waals surface area contributed by atoms with Gasteiger partial charge >= 0.3 is 0 Å². The SMILES string of the molecule is CC[Si](CC)(CC)[Si](Br)c1c(C([Si](C)(C)C)[Si](C)(C)C)cc(C([Si](C)(C)C)([Si](C)(C)C)[Si](C)(C)C)cc1C([Si](C)(C)C)[Si](C)(C)C. The number of hydrogen-bond acceptors (Lipinski definition) is 0. The summed E-state index contributed by atoms with van der Waals surface area (Å²) in [5, 5.41) is 3.50. The fourth-order valence-electron chi connectivity index (χ4n) is 12.2. The minimum Gasteiger partial charge on any atom is -0.126 e. The molecule has 0 saturated carbocycles. The second-order valence-corrected chi connectivity index (χ2v) is 77.2. The second-order valence-electron chi connectivity index (χ2n) is 22.5. The Balaban J connectivity index is 5.16. The molecule has 0 atom stereocenters. The highest BCUT2D eigenvalue weighted by Gasteiger charge is 2.61. The fraction of sp³-hybridized carbons (Fsp3) is 0.833. The van der Waals surface area contributed by atoms with E-state index < -0.39 is 71.0 Å². The summed E-state index contributed by atoms with van der Waals surface area (Å²) < 4.78 is 0.399. The van der Waals surface area contributed by atoms with Gasteiger partial charge in [0.1, 0.15) is 0 Å². The Kier molecular flexibility index (Phi) is 14.5. The van der Waals surface area contributed by atoms with E-state index in [4.69, 9.17) is 15.3 Å². The average molecular weight is 848 g/mol. The standard InChI is InChI=1S/C36H82BrSi9/c1-25-46(26-2,27-3)38(37)33-31(34(39(4,5)6)40(7,8)9)28-30(29-32(33)35(41(10,11)12)42(13,14)15)36(43(16,17)18,44(19,20)21)45(22,23)24/h28-29,34-35H,25-27H2,1-24H3. The highest BCUT2D eigenvalue weighted by Crippen LogP contribution is 2.52. The van der Waals surface area contributed by atoms with Gasteiger partial charge < -0.3 is 0 Å². The maximum absolute atomic E-state index is 4.84. The normalized spacial score (nSPS) is 15.5. The van der Waals surface area contributed by atoms with Crippen LogP contribution in [0.15, 0.2) is 12.1 Å². The van der Waals surface area contributed by atoms with Crippen molar-refractivity contribution in [2.75, 3.05) is 0 Å². The largest absolute Gasteiger partial charge is 0.159 e. The summed E-state index contributed by atoms with van der Waals surface area (Å²) in [4.78, 5) is 0. The summed E-state index contributed by atoms with van der Waals surface area (Å²) in [5.74, 6) is 0. The summed E-state index contributed by atoms with van der Waals surface area (Å²) in [6.07, 6.45) is 0. The molecule has 0 aromatic heterocycles. The molecule has 0 aliphatic carbocycles. The van der Waals surface area contributed by atoms with Gasteiger partial charge in [-0.25, -0.2) is 0 Å². The first-order valence-corrected chi connectivity index (χ1v) is 50.9. The number of benzene rings is 1. The lowest BCUT2D eigenvalue weighted by atomic mass is 10.1. The van der Waals surface area contributed by atoms with E-state index in [1.165, 1.54) is 18.1 Å². The van der Waals surface area contributed by atoms with Crippen LogP contribution in [-0.4, -0.2) is 71.0 Å². The fourth-order valence-corrected chi connectivity index (χ4v) is 86.4. The topological polar surface area (TPSA) is 0 Å². The molecular formula is C36H82BrSi9. The van der Waals surface area contributed by atoms with Crippen molar-refractivity contribution in [1.82, 2.24) is 0 Å². The minimum absolute atomic E-state index is 0.399. The molecule has 1 rings (SSSR count). The Hall–Kier alpha value is 1.65. The molecule has 0 fully saturated rings. The van der Waals surface area contributed by atoms with Crippen molar-refractivity contribution in [3.05, 3.63) is 28.8 Å². The summed E-state index contributed by atoms with van der Waals surface area (Å²) >= 11 is 4.84. The Bertz CT molecular complexity index is 1050. The third kappa shape index (κ3) is 8.81. The molecule has 0 unspecified atom stereocenters. The van der Waals surface area contributed by atoms with Gasteiger partial charge in [-0.2, -0.15) is 0 Å². The molecule has 1 aromatic rings. The van der Waals surface area contributed by atoms with Crippen molar-refractivity contribution < 1.29 is 0 Å². The molecular weight excluding hydrogens is 765 g/mol. The molecule has 0 N–H and O–H groups in total. The number of hydrogen-bond donors (Lipinski definition) is 0. The quantitative estimate of drug-likeness (QED) is 0.122. The summed E-state index contributed by atoms with van der Waals surface area (Å²) in [6.45, 7) is 64.5. The van der Waals surface area contributed by atoms with Crippen molar-refractivity contribution in [2.45, 2.75) is 191 Å². The van der Waals surface area contributed by atoms with Gasteiger partial charge in [0.15, 0.2) is 6.93 Å². The van der Waals surface area contributed by atoms with E-state index in [0.29, 0.717) is 4.28 Å². The molecule has 0 aliphatic heterocycles. The van der Waals surface area contributed by atoms with Crippen LogP contribution >= 0.6 is 15.3 Å². The Morgan fingerprint density at radius 2 is 0.739 bits per heavy atom. The van der Waals surface area contributed by atoms with E-state index in [1.807, 2.05) is 21.9 Å². The molecule has 10 heteroatoms. The zero-order chi connectivity index (χ0) is 37.1. The van der Waals surface area contributed by atoms with E-state index in [1.54, 1.807) is 0 Å². The van der Waals surface area contributed by atoms with Crippen LogP contribution in [-0.2, 0) is 4.28 Å². The maximum Gasteiger partial charge on any atom is 0.159 e. The lowest BCUT2D eigenvalue weighted by Crippen LogP contribution is -2.74. The molecule has 0 nitrogen and oxygen atoms in total. The lowest BCUT2D eigenvalue weighted by Gasteiger charge is -2.60. The average Bonchev–Trinajstić information content (AvgIpc) is 2.73. The van der Waals surface area contributed by atoms with Gasteiger partial charge in [0, 0.05) is 56.5 Å². The number of halogens is 1. The first-order valence-electron chi connectivity index (χ1n) is 18.8. The molecule has 0 amide bonds.